The summed E-state index contributed by atoms with van der Waals surface area (Å²) in [6, 6.07) is 6.79. The topological polar surface area (TPSA) is 58.9 Å². The van der Waals surface area contributed by atoms with Crippen LogP contribution < -0.4 is 0 Å². The molecule has 0 radical (unpaired) electrons. The minimum atomic E-state index is -0.909. The van der Waals surface area contributed by atoms with Crippen LogP contribution >= 0.6 is 0 Å². The van der Waals surface area contributed by atoms with Crippen LogP contribution in [0, 0.1) is 0 Å². The minimum Gasteiger partial charge on any atom is -0.478 e. The molecule has 0 saturated heterocycles. The molecule has 1 atom stereocenters. The molecule has 4 nitrogen and oxygen atoms in total. The summed E-state index contributed by atoms with van der Waals surface area (Å²) in [5, 5.41) is 13.0. The summed E-state index contributed by atoms with van der Waals surface area (Å²) in [4.78, 5) is 16.2. The first kappa shape index (κ1) is 13.6. The SMILES string of the molecule is CCCCCC1CC(c2ccc(C(=O)O)cc2)=NO1. The molecule has 1 N–H and O–H groups in total. The van der Waals surface area contributed by atoms with E-state index in [0.29, 0.717) is 5.56 Å². The Labute approximate surface area is 113 Å². The maximum atomic E-state index is 10.8. The summed E-state index contributed by atoms with van der Waals surface area (Å²) in [6.07, 6.45) is 5.63. The van der Waals surface area contributed by atoms with Crippen LogP contribution in [-0.4, -0.2) is 22.9 Å². The average molecular weight is 261 g/mol. The van der Waals surface area contributed by atoms with Crippen molar-refractivity contribution in [1.29, 1.82) is 0 Å². The lowest BCUT2D eigenvalue weighted by Crippen LogP contribution is -2.08. The standard InChI is InChI=1S/C15H19NO3/c1-2-3-4-5-13-10-14(16-19-13)11-6-8-12(9-7-11)15(17)18/h6-9,13H,2-5,10H2,1H3,(H,17,18). The van der Waals surface area contributed by atoms with Gasteiger partial charge in [-0.15, -0.1) is 0 Å². The maximum Gasteiger partial charge on any atom is 0.335 e. The fraction of sp³-hybridized carbons (Fsp3) is 0.467. The molecule has 0 spiro atoms. The van der Waals surface area contributed by atoms with E-state index in [9.17, 15) is 4.79 Å². The van der Waals surface area contributed by atoms with E-state index in [1.807, 2.05) is 0 Å². The number of unbranched alkanes of at least 4 members (excludes halogenated alkanes) is 2. The Bertz CT molecular complexity index is 465. The molecule has 0 saturated carbocycles. The molecular formula is C15H19NO3. The molecule has 0 aromatic heterocycles. The minimum absolute atomic E-state index is 0.181. The predicted octanol–water partition coefficient (Wildman–Crippen LogP) is 3.46. The Balaban J connectivity index is 1.91. The second kappa shape index (κ2) is 6.36. The first-order chi connectivity index (χ1) is 9.20. The lowest BCUT2D eigenvalue weighted by Gasteiger charge is -2.06. The summed E-state index contributed by atoms with van der Waals surface area (Å²) in [6.45, 7) is 2.18. The number of carbonyl (C=O) groups is 1. The van der Waals surface area contributed by atoms with E-state index < -0.39 is 5.97 Å². The van der Waals surface area contributed by atoms with Crippen LogP contribution in [0.3, 0.4) is 0 Å². The molecule has 1 heterocycles. The van der Waals surface area contributed by atoms with Crippen LogP contribution in [0.2, 0.25) is 0 Å². The maximum absolute atomic E-state index is 10.8. The molecule has 102 valence electrons. The molecule has 0 aliphatic carbocycles. The molecule has 0 amide bonds. The number of aromatic carboxylic acids is 1. The largest absolute Gasteiger partial charge is 0.478 e. The van der Waals surface area contributed by atoms with Crippen molar-refractivity contribution >= 4 is 11.7 Å². The van der Waals surface area contributed by atoms with E-state index in [4.69, 9.17) is 9.94 Å². The highest BCUT2D eigenvalue weighted by Crippen LogP contribution is 2.21. The molecule has 19 heavy (non-hydrogen) atoms. The Morgan fingerprint density at radius 1 is 1.37 bits per heavy atom. The summed E-state index contributed by atoms with van der Waals surface area (Å²) in [5.74, 6) is -0.909. The van der Waals surface area contributed by atoms with E-state index in [-0.39, 0.29) is 6.10 Å². The van der Waals surface area contributed by atoms with Gasteiger partial charge in [-0.3, -0.25) is 0 Å². The molecular weight excluding hydrogens is 242 g/mol. The van der Waals surface area contributed by atoms with Gasteiger partial charge in [0.05, 0.1) is 11.3 Å². The highest BCUT2D eigenvalue weighted by atomic mass is 16.6. The second-order valence-electron chi connectivity index (χ2n) is 4.85. The van der Waals surface area contributed by atoms with Gasteiger partial charge in [0.15, 0.2) is 0 Å². The van der Waals surface area contributed by atoms with Gasteiger partial charge in [-0.05, 0) is 30.5 Å². The van der Waals surface area contributed by atoms with Crippen LogP contribution in [0.1, 0.15) is 54.9 Å². The molecule has 1 aliphatic rings. The van der Waals surface area contributed by atoms with Gasteiger partial charge in [0.25, 0.3) is 0 Å². The molecule has 1 aliphatic heterocycles. The number of carboxylic acid groups (broad SMARTS) is 1. The van der Waals surface area contributed by atoms with Crippen LogP contribution in [-0.2, 0) is 4.84 Å². The fourth-order valence-corrected chi connectivity index (χ4v) is 2.18. The van der Waals surface area contributed by atoms with E-state index in [0.717, 1.165) is 24.1 Å². The Morgan fingerprint density at radius 3 is 2.74 bits per heavy atom. The van der Waals surface area contributed by atoms with Crippen LogP contribution in [0.5, 0.6) is 0 Å². The summed E-state index contributed by atoms with van der Waals surface area (Å²) in [7, 11) is 0. The van der Waals surface area contributed by atoms with Gasteiger partial charge < -0.3 is 9.94 Å². The molecule has 2 rings (SSSR count). The number of oxime groups is 1. The number of hydrogen-bond acceptors (Lipinski definition) is 3. The normalized spacial score (nSPS) is 17.9. The third kappa shape index (κ3) is 3.56. The van der Waals surface area contributed by atoms with Crippen molar-refractivity contribution in [2.24, 2.45) is 5.16 Å². The lowest BCUT2D eigenvalue weighted by molar-refractivity contribution is 0.0697. The molecule has 1 aromatic carbocycles. The van der Waals surface area contributed by atoms with Crippen molar-refractivity contribution in [2.45, 2.75) is 45.1 Å². The summed E-state index contributed by atoms with van der Waals surface area (Å²) in [5.41, 5.74) is 2.16. The molecule has 0 fully saturated rings. The zero-order valence-electron chi connectivity index (χ0n) is 11.1. The van der Waals surface area contributed by atoms with E-state index in [1.54, 1.807) is 24.3 Å². The van der Waals surface area contributed by atoms with Crippen molar-refractivity contribution < 1.29 is 14.7 Å². The molecule has 1 aromatic rings. The Kier molecular flexibility index (Phi) is 4.55. The Morgan fingerprint density at radius 2 is 2.11 bits per heavy atom. The zero-order chi connectivity index (χ0) is 13.7. The zero-order valence-corrected chi connectivity index (χ0v) is 11.1. The van der Waals surface area contributed by atoms with Gasteiger partial charge in [0.2, 0.25) is 0 Å². The number of carboxylic acids is 1. The van der Waals surface area contributed by atoms with Crippen molar-refractivity contribution in [1.82, 2.24) is 0 Å². The molecule has 0 bridgehead atoms. The van der Waals surface area contributed by atoms with Gasteiger partial charge in [-0.1, -0.05) is 37.1 Å². The van der Waals surface area contributed by atoms with Gasteiger partial charge in [-0.2, -0.15) is 0 Å². The van der Waals surface area contributed by atoms with Gasteiger partial charge >= 0.3 is 5.97 Å². The smallest absolute Gasteiger partial charge is 0.335 e. The number of nitrogens with zero attached hydrogens (tertiary/aromatic N) is 1. The van der Waals surface area contributed by atoms with Crippen molar-refractivity contribution in [3.8, 4) is 0 Å². The number of benzene rings is 1. The fourth-order valence-electron chi connectivity index (χ4n) is 2.18. The van der Waals surface area contributed by atoms with Crippen LogP contribution in [0.25, 0.3) is 0 Å². The second-order valence-corrected chi connectivity index (χ2v) is 4.85. The van der Waals surface area contributed by atoms with Crippen molar-refractivity contribution in [2.75, 3.05) is 0 Å². The first-order valence-corrected chi connectivity index (χ1v) is 6.77. The monoisotopic (exact) mass is 261 g/mol. The van der Waals surface area contributed by atoms with Gasteiger partial charge in [-0.25, -0.2) is 4.79 Å². The molecule has 1 unspecified atom stereocenters. The Hall–Kier alpha value is -1.84. The number of hydrogen-bond donors (Lipinski definition) is 1. The molecule has 4 heteroatoms. The predicted molar refractivity (Wildman–Crippen MR) is 73.6 cm³/mol. The van der Waals surface area contributed by atoms with Crippen molar-refractivity contribution in [3.63, 3.8) is 0 Å². The van der Waals surface area contributed by atoms with Crippen molar-refractivity contribution in [3.05, 3.63) is 35.4 Å². The van der Waals surface area contributed by atoms with Gasteiger partial charge in [0.1, 0.15) is 6.10 Å². The van der Waals surface area contributed by atoms with E-state index in [1.165, 1.54) is 19.3 Å². The van der Waals surface area contributed by atoms with Gasteiger partial charge in [0, 0.05) is 6.42 Å². The highest BCUT2D eigenvalue weighted by Gasteiger charge is 2.21. The summed E-state index contributed by atoms with van der Waals surface area (Å²) < 4.78 is 0. The number of rotatable bonds is 6. The third-order valence-electron chi connectivity index (χ3n) is 3.33. The van der Waals surface area contributed by atoms with Crippen LogP contribution in [0.15, 0.2) is 29.4 Å². The first-order valence-electron chi connectivity index (χ1n) is 6.77. The third-order valence-corrected chi connectivity index (χ3v) is 3.33. The highest BCUT2D eigenvalue weighted by molar-refractivity contribution is 6.01. The quantitative estimate of drug-likeness (QED) is 0.798. The average Bonchev–Trinajstić information content (AvgIpc) is 2.88. The lowest BCUT2D eigenvalue weighted by atomic mass is 10.0. The van der Waals surface area contributed by atoms with E-state index >= 15 is 0 Å². The van der Waals surface area contributed by atoms with E-state index in [2.05, 4.69) is 12.1 Å². The van der Waals surface area contributed by atoms with Crippen LogP contribution in [0.4, 0.5) is 0 Å². The summed E-state index contributed by atoms with van der Waals surface area (Å²) >= 11 is 0.